The molecular formula is C15H16BrClFN3. The molecular weight excluding hydrogens is 357 g/mol. The van der Waals surface area contributed by atoms with E-state index in [0.29, 0.717) is 22.0 Å². The van der Waals surface area contributed by atoms with Crippen molar-refractivity contribution in [2.24, 2.45) is 0 Å². The van der Waals surface area contributed by atoms with E-state index < -0.39 is 6.04 Å². The van der Waals surface area contributed by atoms with Crippen molar-refractivity contribution < 1.29 is 4.39 Å². The lowest BCUT2D eigenvalue weighted by molar-refractivity contribution is 0.546. The van der Waals surface area contributed by atoms with E-state index in [2.05, 4.69) is 26.2 Å². The predicted octanol–water partition coefficient (Wildman–Crippen LogP) is 4.31. The Hall–Kier alpha value is -1.17. The minimum atomic E-state index is -0.395. The molecule has 21 heavy (non-hydrogen) atoms. The zero-order valence-corrected chi connectivity index (χ0v) is 13.9. The van der Waals surface area contributed by atoms with Gasteiger partial charge in [0.1, 0.15) is 11.6 Å². The summed E-state index contributed by atoms with van der Waals surface area (Å²) in [5, 5.41) is 3.77. The molecule has 6 heteroatoms. The van der Waals surface area contributed by atoms with Crippen molar-refractivity contribution in [1.82, 2.24) is 10.3 Å². The van der Waals surface area contributed by atoms with E-state index >= 15 is 0 Å². The van der Waals surface area contributed by atoms with Crippen molar-refractivity contribution in [3.05, 3.63) is 56.9 Å². The third kappa shape index (κ3) is 3.93. The molecule has 0 saturated carbocycles. The number of nitrogens with one attached hydrogen (secondary N) is 1. The van der Waals surface area contributed by atoms with E-state index in [1.54, 1.807) is 18.2 Å². The zero-order chi connectivity index (χ0) is 15.4. The molecule has 3 nitrogen and oxygen atoms in total. The highest BCUT2D eigenvalue weighted by atomic mass is 79.9. The molecule has 112 valence electrons. The Labute approximate surface area is 136 Å². The van der Waals surface area contributed by atoms with E-state index in [1.807, 2.05) is 6.92 Å². The number of hydrogen-bond donors (Lipinski definition) is 2. The Morgan fingerprint density at radius 2 is 2.14 bits per heavy atom. The molecule has 1 aromatic heterocycles. The minimum Gasteiger partial charge on any atom is -0.383 e. The van der Waals surface area contributed by atoms with Crippen molar-refractivity contribution in [1.29, 1.82) is 0 Å². The summed E-state index contributed by atoms with van der Waals surface area (Å²) < 4.78 is 15.0. The minimum absolute atomic E-state index is 0.300. The topological polar surface area (TPSA) is 50.9 Å². The van der Waals surface area contributed by atoms with Gasteiger partial charge in [-0.25, -0.2) is 9.37 Å². The fraction of sp³-hybridized carbons (Fsp3) is 0.267. The first-order valence-corrected chi connectivity index (χ1v) is 7.79. The molecule has 0 aliphatic carbocycles. The van der Waals surface area contributed by atoms with Gasteiger partial charge in [0.15, 0.2) is 0 Å². The van der Waals surface area contributed by atoms with Crippen LogP contribution in [0, 0.1) is 5.82 Å². The second kappa shape index (κ2) is 7.20. The summed E-state index contributed by atoms with van der Waals surface area (Å²) in [6, 6.07) is 6.15. The molecule has 1 aromatic carbocycles. The van der Waals surface area contributed by atoms with E-state index in [-0.39, 0.29) is 5.82 Å². The quantitative estimate of drug-likeness (QED) is 0.822. The molecule has 0 saturated heterocycles. The van der Waals surface area contributed by atoms with Gasteiger partial charge in [0.05, 0.1) is 11.1 Å². The predicted molar refractivity (Wildman–Crippen MR) is 87.9 cm³/mol. The molecule has 0 aliphatic rings. The molecule has 1 unspecified atom stereocenters. The van der Waals surface area contributed by atoms with Crippen molar-refractivity contribution in [2.75, 3.05) is 12.3 Å². The summed E-state index contributed by atoms with van der Waals surface area (Å²) in [5.41, 5.74) is 7.13. The summed E-state index contributed by atoms with van der Waals surface area (Å²) in [6.45, 7) is 2.77. The first kappa shape index (κ1) is 16.2. The standard InChI is InChI=1S/C15H16BrClFN3/c1-2-5-20-14(11-6-9(16)3-4-13(11)18)12-7-10(17)8-21-15(12)19/h3-4,6-8,14,20H,2,5H2,1H3,(H2,19,21). The monoisotopic (exact) mass is 371 g/mol. The van der Waals surface area contributed by atoms with E-state index in [1.165, 1.54) is 12.3 Å². The van der Waals surface area contributed by atoms with Crippen molar-refractivity contribution in [3.63, 3.8) is 0 Å². The fourth-order valence-corrected chi connectivity index (χ4v) is 2.65. The average Bonchev–Trinajstić information content (AvgIpc) is 2.46. The lowest BCUT2D eigenvalue weighted by Crippen LogP contribution is -2.25. The first-order chi connectivity index (χ1) is 10.0. The van der Waals surface area contributed by atoms with Crippen LogP contribution in [0.25, 0.3) is 0 Å². The Bertz CT molecular complexity index is 585. The Balaban J connectivity index is 2.52. The maximum absolute atomic E-state index is 14.2. The fourth-order valence-electron chi connectivity index (χ4n) is 2.11. The van der Waals surface area contributed by atoms with Crippen LogP contribution in [0.3, 0.4) is 0 Å². The van der Waals surface area contributed by atoms with Crippen LogP contribution in [-0.4, -0.2) is 11.5 Å². The van der Waals surface area contributed by atoms with Gasteiger partial charge >= 0.3 is 0 Å². The van der Waals surface area contributed by atoms with Gasteiger partial charge in [-0.15, -0.1) is 0 Å². The number of halogens is 3. The summed E-state index contributed by atoms with van der Waals surface area (Å²) in [4.78, 5) is 4.06. The molecule has 2 rings (SSSR count). The third-order valence-electron chi connectivity index (χ3n) is 3.09. The van der Waals surface area contributed by atoms with Crippen LogP contribution in [0.2, 0.25) is 5.02 Å². The molecule has 1 heterocycles. The van der Waals surface area contributed by atoms with Gasteiger partial charge in [-0.2, -0.15) is 0 Å². The zero-order valence-electron chi connectivity index (χ0n) is 11.5. The van der Waals surface area contributed by atoms with Crippen LogP contribution in [0.15, 0.2) is 34.9 Å². The number of nitrogens with zero attached hydrogens (tertiary/aromatic N) is 1. The number of hydrogen-bond acceptors (Lipinski definition) is 3. The van der Waals surface area contributed by atoms with Gasteiger partial charge in [-0.3, -0.25) is 0 Å². The van der Waals surface area contributed by atoms with Crippen LogP contribution in [0.5, 0.6) is 0 Å². The second-order valence-corrected chi connectivity index (χ2v) is 6.03. The maximum Gasteiger partial charge on any atom is 0.128 e. The van der Waals surface area contributed by atoms with Crippen LogP contribution >= 0.6 is 27.5 Å². The Kier molecular flexibility index (Phi) is 5.56. The van der Waals surface area contributed by atoms with Gasteiger partial charge in [0.2, 0.25) is 0 Å². The molecule has 0 aliphatic heterocycles. The molecule has 3 N–H and O–H groups in total. The molecule has 0 fully saturated rings. The third-order valence-corrected chi connectivity index (χ3v) is 3.79. The SMILES string of the molecule is CCCNC(c1cc(Br)ccc1F)c1cc(Cl)cnc1N. The van der Waals surface area contributed by atoms with Crippen molar-refractivity contribution in [2.45, 2.75) is 19.4 Å². The van der Waals surface area contributed by atoms with E-state index in [4.69, 9.17) is 17.3 Å². The normalized spacial score (nSPS) is 12.4. The highest BCUT2D eigenvalue weighted by molar-refractivity contribution is 9.10. The first-order valence-electron chi connectivity index (χ1n) is 6.62. The lowest BCUT2D eigenvalue weighted by atomic mass is 9.98. The van der Waals surface area contributed by atoms with Gasteiger partial charge < -0.3 is 11.1 Å². The molecule has 0 amide bonds. The maximum atomic E-state index is 14.2. The van der Waals surface area contributed by atoms with E-state index in [9.17, 15) is 4.39 Å². The summed E-state index contributed by atoms with van der Waals surface area (Å²) in [6.07, 6.45) is 2.40. The number of nitrogen functional groups attached to an aromatic ring is 1. The molecule has 2 aromatic rings. The highest BCUT2D eigenvalue weighted by Crippen LogP contribution is 2.31. The average molecular weight is 373 g/mol. The number of rotatable bonds is 5. The molecule has 1 atom stereocenters. The van der Waals surface area contributed by atoms with Crippen molar-refractivity contribution >= 4 is 33.3 Å². The number of aromatic nitrogens is 1. The number of benzene rings is 1. The lowest BCUT2D eigenvalue weighted by Gasteiger charge is -2.21. The smallest absolute Gasteiger partial charge is 0.128 e. The largest absolute Gasteiger partial charge is 0.383 e. The summed E-state index contributed by atoms with van der Waals surface area (Å²) in [5.74, 6) is 0.0403. The Morgan fingerprint density at radius 1 is 1.38 bits per heavy atom. The van der Waals surface area contributed by atoms with Gasteiger partial charge in [-0.1, -0.05) is 34.5 Å². The summed E-state index contributed by atoms with van der Waals surface area (Å²) in [7, 11) is 0. The summed E-state index contributed by atoms with van der Waals surface area (Å²) >= 11 is 9.38. The van der Waals surface area contributed by atoms with Crippen LogP contribution in [0.1, 0.15) is 30.5 Å². The van der Waals surface area contributed by atoms with Crippen LogP contribution in [-0.2, 0) is 0 Å². The number of anilines is 1. The van der Waals surface area contributed by atoms with Gasteiger partial charge in [0.25, 0.3) is 0 Å². The van der Waals surface area contributed by atoms with E-state index in [0.717, 1.165) is 17.4 Å². The molecule has 0 radical (unpaired) electrons. The van der Waals surface area contributed by atoms with Crippen molar-refractivity contribution in [3.8, 4) is 0 Å². The van der Waals surface area contributed by atoms with Crippen LogP contribution < -0.4 is 11.1 Å². The molecule has 0 spiro atoms. The van der Waals surface area contributed by atoms with Gasteiger partial charge in [-0.05, 0) is 37.2 Å². The van der Waals surface area contributed by atoms with Gasteiger partial charge in [0, 0.05) is 21.8 Å². The number of nitrogens with two attached hydrogens (primary N) is 1. The molecule has 0 bridgehead atoms. The number of pyridine rings is 1. The van der Waals surface area contributed by atoms with Crippen LogP contribution in [0.4, 0.5) is 10.2 Å². The highest BCUT2D eigenvalue weighted by Gasteiger charge is 2.21. The Morgan fingerprint density at radius 3 is 2.86 bits per heavy atom. The second-order valence-electron chi connectivity index (χ2n) is 4.68.